The average Bonchev–Trinajstić information content (AvgIpc) is 2.65. The molecule has 3 N–H and O–H groups in total. The first-order valence-electron chi connectivity index (χ1n) is 7.00. The van der Waals surface area contributed by atoms with Crippen molar-refractivity contribution in [1.82, 2.24) is 5.32 Å². The number of halogens is 1. The van der Waals surface area contributed by atoms with Gasteiger partial charge in [-0.15, -0.1) is 12.4 Å². The van der Waals surface area contributed by atoms with Crippen molar-refractivity contribution in [2.24, 2.45) is 17.1 Å². The van der Waals surface area contributed by atoms with Crippen molar-refractivity contribution in [3.05, 3.63) is 0 Å². The molecule has 4 heteroatoms. The van der Waals surface area contributed by atoms with Crippen LogP contribution in [0.2, 0.25) is 0 Å². The lowest BCUT2D eigenvalue weighted by molar-refractivity contribution is -0.131. The van der Waals surface area contributed by atoms with Crippen molar-refractivity contribution in [3.63, 3.8) is 0 Å². The summed E-state index contributed by atoms with van der Waals surface area (Å²) in [7, 11) is 0. The minimum atomic E-state index is -0.0774. The van der Waals surface area contributed by atoms with Gasteiger partial charge < -0.3 is 11.1 Å². The molecule has 1 aliphatic rings. The summed E-state index contributed by atoms with van der Waals surface area (Å²) in [6.07, 6.45) is 6.42. The van der Waals surface area contributed by atoms with Crippen molar-refractivity contribution in [2.45, 2.75) is 65.3 Å². The van der Waals surface area contributed by atoms with E-state index in [1.165, 1.54) is 12.8 Å². The number of carbonyl (C=O) groups excluding carboxylic acids is 1. The molecule has 0 heterocycles. The van der Waals surface area contributed by atoms with Crippen LogP contribution in [-0.2, 0) is 4.79 Å². The van der Waals surface area contributed by atoms with E-state index in [1.807, 2.05) is 6.92 Å². The lowest BCUT2D eigenvalue weighted by Gasteiger charge is -2.29. The highest BCUT2D eigenvalue weighted by Gasteiger charge is 2.40. The molecule has 1 saturated carbocycles. The fourth-order valence-electron chi connectivity index (χ4n) is 2.96. The zero-order chi connectivity index (χ0) is 12.9. The molecule has 0 aromatic heterocycles. The summed E-state index contributed by atoms with van der Waals surface area (Å²) in [6, 6.07) is 0.167. The molecule has 1 unspecified atom stereocenters. The Morgan fingerprint density at radius 2 is 1.83 bits per heavy atom. The van der Waals surface area contributed by atoms with Gasteiger partial charge in [0.15, 0.2) is 0 Å². The SMILES string of the molecule is CC(C)CC1(C(=O)NCCC(C)N)CCCC1.Cl. The fraction of sp³-hybridized carbons (Fsp3) is 0.929. The van der Waals surface area contributed by atoms with E-state index in [0.29, 0.717) is 5.92 Å². The van der Waals surface area contributed by atoms with Gasteiger partial charge in [0.1, 0.15) is 0 Å². The van der Waals surface area contributed by atoms with E-state index in [1.54, 1.807) is 0 Å². The van der Waals surface area contributed by atoms with Gasteiger partial charge in [0.05, 0.1) is 0 Å². The van der Waals surface area contributed by atoms with Crippen molar-refractivity contribution < 1.29 is 4.79 Å². The summed E-state index contributed by atoms with van der Waals surface area (Å²) in [5.74, 6) is 0.858. The van der Waals surface area contributed by atoms with Crippen LogP contribution in [0, 0.1) is 11.3 Å². The van der Waals surface area contributed by atoms with E-state index in [0.717, 1.165) is 32.2 Å². The van der Waals surface area contributed by atoms with Crippen LogP contribution in [0.1, 0.15) is 59.3 Å². The third kappa shape index (κ3) is 5.15. The van der Waals surface area contributed by atoms with Crippen LogP contribution in [0.3, 0.4) is 0 Å². The number of carbonyl (C=O) groups is 1. The summed E-state index contributed by atoms with van der Waals surface area (Å²) in [5, 5.41) is 3.08. The minimum absolute atomic E-state index is 0. The summed E-state index contributed by atoms with van der Waals surface area (Å²) in [6.45, 7) is 7.10. The van der Waals surface area contributed by atoms with Crippen LogP contribution < -0.4 is 11.1 Å². The van der Waals surface area contributed by atoms with E-state index in [-0.39, 0.29) is 29.8 Å². The molecule has 1 rings (SSSR count). The molecular formula is C14H29ClN2O. The smallest absolute Gasteiger partial charge is 0.226 e. The maximum absolute atomic E-state index is 12.3. The fourth-order valence-corrected chi connectivity index (χ4v) is 2.96. The van der Waals surface area contributed by atoms with Gasteiger partial charge >= 0.3 is 0 Å². The lowest BCUT2D eigenvalue weighted by Crippen LogP contribution is -2.41. The molecule has 0 aromatic carbocycles. The van der Waals surface area contributed by atoms with Crippen LogP contribution in [0.4, 0.5) is 0 Å². The van der Waals surface area contributed by atoms with Gasteiger partial charge in [-0.25, -0.2) is 0 Å². The van der Waals surface area contributed by atoms with Gasteiger partial charge in [0.2, 0.25) is 5.91 Å². The van der Waals surface area contributed by atoms with Gasteiger partial charge in [0, 0.05) is 18.0 Å². The molecule has 108 valence electrons. The Kier molecular flexibility index (Phi) is 7.88. The third-order valence-electron chi connectivity index (χ3n) is 3.73. The normalized spacial score (nSPS) is 19.4. The molecule has 0 bridgehead atoms. The third-order valence-corrected chi connectivity index (χ3v) is 3.73. The van der Waals surface area contributed by atoms with Gasteiger partial charge in [-0.2, -0.15) is 0 Å². The Morgan fingerprint density at radius 1 is 1.28 bits per heavy atom. The molecule has 18 heavy (non-hydrogen) atoms. The first-order valence-corrected chi connectivity index (χ1v) is 7.00. The average molecular weight is 277 g/mol. The van der Waals surface area contributed by atoms with E-state index < -0.39 is 0 Å². The predicted octanol–water partition coefficient (Wildman–Crippen LogP) is 2.87. The molecule has 3 nitrogen and oxygen atoms in total. The van der Waals surface area contributed by atoms with Crippen LogP contribution in [0.15, 0.2) is 0 Å². The molecule has 0 saturated heterocycles. The second-order valence-electron chi connectivity index (χ2n) is 6.11. The Balaban J connectivity index is 0.00000289. The van der Waals surface area contributed by atoms with E-state index >= 15 is 0 Å². The lowest BCUT2D eigenvalue weighted by atomic mass is 9.77. The molecule has 1 aliphatic carbocycles. The number of nitrogens with two attached hydrogens (primary N) is 1. The molecule has 0 radical (unpaired) electrons. The van der Waals surface area contributed by atoms with Gasteiger partial charge in [-0.05, 0) is 38.5 Å². The molecule has 0 aliphatic heterocycles. The Labute approximate surface area is 118 Å². The van der Waals surface area contributed by atoms with Crippen molar-refractivity contribution >= 4 is 18.3 Å². The molecule has 0 aromatic rings. The summed E-state index contributed by atoms with van der Waals surface area (Å²) < 4.78 is 0. The van der Waals surface area contributed by atoms with E-state index in [2.05, 4.69) is 19.2 Å². The second kappa shape index (κ2) is 8.00. The standard InChI is InChI=1S/C14H28N2O.ClH/c1-11(2)10-14(7-4-5-8-14)13(17)16-9-6-12(3)15;/h11-12H,4-10,15H2,1-3H3,(H,16,17);1H. The quantitative estimate of drug-likeness (QED) is 0.784. The highest BCUT2D eigenvalue weighted by Crippen LogP contribution is 2.43. The van der Waals surface area contributed by atoms with Gasteiger partial charge in [-0.1, -0.05) is 26.7 Å². The predicted molar refractivity (Wildman–Crippen MR) is 78.9 cm³/mol. The first kappa shape index (κ1) is 17.7. The maximum atomic E-state index is 12.3. The number of hydrogen-bond donors (Lipinski definition) is 2. The highest BCUT2D eigenvalue weighted by molar-refractivity contribution is 5.85. The van der Waals surface area contributed by atoms with Gasteiger partial charge in [0.25, 0.3) is 0 Å². The second-order valence-corrected chi connectivity index (χ2v) is 6.11. The van der Waals surface area contributed by atoms with Crippen molar-refractivity contribution in [2.75, 3.05) is 6.54 Å². The van der Waals surface area contributed by atoms with Crippen LogP contribution in [-0.4, -0.2) is 18.5 Å². The Hall–Kier alpha value is -0.280. The van der Waals surface area contributed by atoms with Crippen LogP contribution in [0.25, 0.3) is 0 Å². The zero-order valence-electron chi connectivity index (χ0n) is 12.0. The zero-order valence-corrected chi connectivity index (χ0v) is 12.8. The van der Waals surface area contributed by atoms with Crippen molar-refractivity contribution in [3.8, 4) is 0 Å². The van der Waals surface area contributed by atoms with Crippen LogP contribution in [0.5, 0.6) is 0 Å². The molecule has 0 spiro atoms. The van der Waals surface area contributed by atoms with Crippen molar-refractivity contribution in [1.29, 1.82) is 0 Å². The number of nitrogens with one attached hydrogen (secondary N) is 1. The van der Waals surface area contributed by atoms with Crippen LogP contribution >= 0.6 is 12.4 Å². The van der Waals surface area contributed by atoms with E-state index in [4.69, 9.17) is 5.73 Å². The number of rotatable bonds is 6. The van der Waals surface area contributed by atoms with E-state index in [9.17, 15) is 4.79 Å². The number of amides is 1. The highest BCUT2D eigenvalue weighted by atomic mass is 35.5. The minimum Gasteiger partial charge on any atom is -0.356 e. The monoisotopic (exact) mass is 276 g/mol. The molecule has 1 fully saturated rings. The molecule has 1 atom stereocenters. The molecule has 1 amide bonds. The Bertz CT molecular complexity index is 248. The molecular weight excluding hydrogens is 248 g/mol. The summed E-state index contributed by atoms with van der Waals surface area (Å²) in [5.41, 5.74) is 5.62. The Morgan fingerprint density at radius 3 is 2.28 bits per heavy atom. The summed E-state index contributed by atoms with van der Waals surface area (Å²) >= 11 is 0. The number of hydrogen-bond acceptors (Lipinski definition) is 2. The topological polar surface area (TPSA) is 55.1 Å². The van der Waals surface area contributed by atoms with Gasteiger partial charge in [-0.3, -0.25) is 4.79 Å². The largest absolute Gasteiger partial charge is 0.356 e. The first-order chi connectivity index (χ1) is 7.96. The summed E-state index contributed by atoms with van der Waals surface area (Å²) in [4.78, 5) is 12.3. The maximum Gasteiger partial charge on any atom is 0.226 e.